The highest BCUT2D eigenvalue weighted by Crippen LogP contribution is 1.73. The van der Waals surface area contributed by atoms with Crippen molar-refractivity contribution in [1.29, 1.82) is 0 Å². The molecule has 0 aliphatic heterocycles. The second-order valence-corrected chi connectivity index (χ2v) is 1.46. The van der Waals surface area contributed by atoms with Gasteiger partial charge in [-0.15, -0.1) is 0 Å². The second kappa shape index (κ2) is 7.10. The molecule has 0 saturated carbocycles. The Morgan fingerprint density at radius 2 is 2.22 bits per heavy atom. The van der Waals surface area contributed by atoms with Crippen LogP contribution in [0.5, 0.6) is 0 Å². The van der Waals surface area contributed by atoms with E-state index in [0.717, 1.165) is 13.0 Å². The average Bonchev–Trinajstić information content (AvgIpc) is 1.89. The lowest BCUT2D eigenvalue weighted by atomic mass is 10.4. The molecule has 0 fully saturated rings. The van der Waals surface area contributed by atoms with Crippen molar-refractivity contribution in [2.24, 2.45) is 21.5 Å². The van der Waals surface area contributed by atoms with Crippen LogP contribution in [0, 0.1) is 0 Å². The van der Waals surface area contributed by atoms with Gasteiger partial charge < -0.3 is 11.5 Å². The largest absolute Gasteiger partial charge is 0.390 e. The molecule has 0 aliphatic carbocycles. The summed E-state index contributed by atoms with van der Waals surface area (Å²) in [5.41, 5.74) is 10.1. The predicted octanol–water partition coefficient (Wildman–Crippen LogP) is -0.649. The number of rotatable bonds is 4. The predicted molar refractivity (Wildman–Crippen MR) is 39.7 cm³/mol. The molecule has 0 spiro atoms. The lowest BCUT2D eigenvalue weighted by Crippen LogP contribution is -1.99. The van der Waals surface area contributed by atoms with E-state index in [9.17, 15) is 0 Å². The third-order valence-corrected chi connectivity index (χ3v) is 0.726. The molecule has 0 aliphatic rings. The molecular weight excluding hydrogens is 116 g/mol. The van der Waals surface area contributed by atoms with Crippen molar-refractivity contribution in [1.82, 2.24) is 0 Å². The molecule has 0 aromatic carbocycles. The Kier molecular flexibility index (Phi) is 6.39. The van der Waals surface area contributed by atoms with Gasteiger partial charge in [0.1, 0.15) is 6.34 Å². The number of hydrogen-bond acceptors (Lipinski definition) is 2. The zero-order chi connectivity index (χ0) is 6.95. The van der Waals surface area contributed by atoms with Crippen molar-refractivity contribution in [2.45, 2.75) is 6.42 Å². The van der Waals surface area contributed by atoms with Crippen molar-refractivity contribution in [2.75, 3.05) is 13.1 Å². The molecule has 9 heavy (non-hydrogen) atoms. The zero-order valence-electron chi connectivity index (χ0n) is 5.33. The van der Waals surface area contributed by atoms with Gasteiger partial charge >= 0.3 is 0 Å². The van der Waals surface area contributed by atoms with Gasteiger partial charge in [0, 0.05) is 6.54 Å². The highest BCUT2D eigenvalue weighted by atomic mass is 14.9. The van der Waals surface area contributed by atoms with E-state index in [-0.39, 0.29) is 0 Å². The van der Waals surface area contributed by atoms with Crippen LogP contribution in [0.15, 0.2) is 9.98 Å². The summed E-state index contributed by atoms with van der Waals surface area (Å²) in [6, 6.07) is 0. The summed E-state index contributed by atoms with van der Waals surface area (Å²) in [5.74, 6) is 0. The molecule has 0 aromatic heterocycles. The maximum absolute atomic E-state index is 5.21. The number of nitrogens with two attached hydrogens (primary N) is 2. The summed E-state index contributed by atoms with van der Waals surface area (Å²) in [6.07, 6.45) is 3.53. The van der Waals surface area contributed by atoms with E-state index < -0.39 is 0 Å². The minimum Gasteiger partial charge on any atom is -0.390 e. The van der Waals surface area contributed by atoms with Gasteiger partial charge in [-0.05, 0) is 13.0 Å². The van der Waals surface area contributed by atoms with Crippen LogP contribution in [0.3, 0.4) is 0 Å². The molecule has 4 heteroatoms. The lowest BCUT2D eigenvalue weighted by Gasteiger charge is -1.85. The van der Waals surface area contributed by atoms with E-state index in [1.807, 2.05) is 0 Å². The Labute approximate surface area is 54.7 Å². The van der Waals surface area contributed by atoms with Gasteiger partial charge in [0.15, 0.2) is 0 Å². The first-order valence-corrected chi connectivity index (χ1v) is 2.83. The maximum Gasteiger partial charge on any atom is 0.111 e. The van der Waals surface area contributed by atoms with Crippen molar-refractivity contribution < 1.29 is 0 Å². The maximum atomic E-state index is 5.21. The standard InChI is InChI=1S/C5H12N4/c6-2-1-3-8-5-9-4-7/h4-5H,1-3,6H2,(H2,7,8,9). The van der Waals surface area contributed by atoms with E-state index in [1.54, 1.807) is 0 Å². The second-order valence-electron chi connectivity index (χ2n) is 1.46. The number of aliphatic imine (C=N–C) groups is 2. The molecule has 0 radical (unpaired) electrons. The first kappa shape index (κ1) is 8.10. The first-order valence-electron chi connectivity index (χ1n) is 2.83. The van der Waals surface area contributed by atoms with E-state index in [0.29, 0.717) is 6.54 Å². The normalized spacial score (nSPS) is 11.7. The quantitative estimate of drug-likeness (QED) is 0.300. The summed E-state index contributed by atoms with van der Waals surface area (Å²) >= 11 is 0. The summed E-state index contributed by atoms with van der Waals surface area (Å²) in [4.78, 5) is 7.43. The monoisotopic (exact) mass is 128 g/mol. The zero-order valence-corrected chi connectivity index (χ0v) is 5.33. The SMILES string of the molecule is NC=NC=NCCCN. The summed E-state index contributed by atoms with van der Waals surface area (Å²) in [6.45, 7) is 1.40. The van der Waals surface area contributed by atoms with Gasteiger partial charge in [-0.25, -0.2) is 4.99 Å². The third-order valence-electron chi connectivity index (χ3n) is 0.726. The molecule has 0 amide bonds. The van der Waals surface area contributed by atoms with Crippen LogP contribution < -0.4 is 11.5 Å². The van der Waals surface area contributed by atoms with Crippen molar-refractivity contribution in [3.05, 3.63) is 0 Å². The smallest absolute Gasteiger partial charge is 0.111 e. The molecule has 4 nitrogen and oxygen atoms in total. The van der Waals surface area contributed by atoms with Gasteiger partial charge in [0.2, 0.25) is 0 Å². The van der Waals surface area contributed by atoms with Crippen LogP contribution in [0.2, 0.25) is 0 Å². The average molecular weight is 128 g/mol. The summed E-state index contributed by atoms with van der Waals surface area (Å²) in [5, 5.41) is 0. The molecule has 4 N–H and O–H groups in total. The van der Waals surface area contributed by atoms with Crippen molar-refractivity contribution >= 4 is 12.7 Å². The molecule has 0 heterocycles. The van der Waals surface area contributed by atoms with Crippen molar-refractivity contribution in [3.8, 4) is 0 Å². The first-order chi connectivity index (χ1) is 4.41. The highest BCUT2D eigenvalue weighted by molar-refractivity contribution is 5.69. The Morgan fingerprint density at radius 3 is 2.78 bits per heavy atom. The molecule has 0 bridgehead atoms. The van der Waals surface area contributed by atoms with Gasteiger partial charge in [-0.3, -0.25) is 4.99 Å². The topological polar surface area (TPSA) is 76.8 Å². The molecule has 0 aromatic rings. The molecular formula is C5H12N4. The van der Waals surface area contributed by atoms with E-state index >= 15 is 0 Å². The fourth-order valence-electron chi connectivity index (χ4n) is 0.326. The van der Waals surface area contributed by atoms with Gasteiger partial charge in [0.05, 0.1) is 6.34 Å². The van der Waals surface area contributed by atoms with Crippen molar-refractivity contribution in [3.63, 3.8) is 0 Å². The molecule has 0 rings (SSSR count). The van der Waals surface area contributed by atoms with Crippen LogP contribution in [0.4, 0.5) is 0 Å². The Morgan fingerprint density at radius 1 is 1.44 bits per heavy atom. The molecule has 0 saturated heterocycles. The Hall–Kier alpha value is -0.900. The number of nitrogens with zero attached hydrogens (tertiary/aromatic N) is 2. The molecule has 0 atom stereocenters. The third kappa shape index (κ3) is 7.10. The van der Waals surface area contributed by atoms with Crippen LogP contribution in [0.25, 0.3) is 0 Å². The van der Waals surface area contributed by atoms with Crippen LogP contribution in [0.1, 0.15) is 6.42 Å². The number of hydrogen-bond donors (Lipinski definition) is 2. The van der Waals surface area contributed by atoms with Gasteiger partial charge in [0.25, 0.3) is 0 Å². The molecule has 0 unspecified atom stereocenters. The minimum atomic E-state index is 0.670. The van der Waals surface area contributed by atoms with Crippen LogP contribution in [-0.4, -0.2) is 25.8 Å². The van der Waals surface area contributed by atoms with E-state index in [4.69, 9.17) is 11.5 Å². The van der Waals surface area contributed by atoms with Crippen LogP contribution in [-0.2, 0) is 0 Å². The summed E-state index contributed by atoms with van der Waals surface area (Å²) < 4.78 is 0. The summed E-state index contributed by atoms with van der Waals surface area (Å²) in [7, 11) is 0. The highest BCUT2D eigenvalue weighted by Gasteiger charge is 1.74. The van der Waals surface area contributed by atoms with E-state index in [2.05, 4.69) is 9.98 Å². The van der Waals surface area contributed by atoms with Gasteiger partial charge in [-0.1, -0.05) is 0 Å². The molecule has 52 valence electrons. The Bertz CT molecular complexity index is 97.1. The van der Waals surface area contributed by atoms with Gasteiger partial charge in [-0.2, -0.15) is 0 Å². The minimum absolute atomic E-state index is 0.670. The fourth-order valence-corrected chi connectivity index (χ4v) is 0.326. The fraction of sp³-hybridized carbons (Fsp3) is 0.600. The lowest BCUT2D eigenvalue weighted by molar-refractivity contribution is 0.846. The van der Waals surface area contributed by atoms with E-state index in [1.165, 1.54) is 12.7 Å². The van der Waals surface area contributed by atoms with Crippen LogP contribution >= 0.6 is 0 Å². The Balaban J connectivity index is 3.04.